The lowest BCUT2D eigenvalue weighted by Crippen LogP contribution is -2.31. The molecule has 1 saturated heterocycles. The van der Waals surface area contributed by atoms with E-state index in [1.54, 1.807) is 11.1 Å². The highest BCUT2D eigenvalue weighted by Gasteiger charge is 2.36. The highest BCUT2D eigenvalue weighted by Crippen LogP contribution is 2.46. The number of imidazole rings is 1. The Hall–Kier alpha value is -1.35. The molecule has 0 N–H and O–H groups in total. The van der Waals surface area contributed by atoms with Gasteiger partial charge in [-0.3, -0.25) is 0 Å². The Morgan fingerprint density at radius 3 is 2.50 bits per heavy atom. The van der Waals surface area contributed by atoms with Crippen molar-refractivity contribution in [1.29, 1.82) is 0 Å². The zero-order chi connectivity index (χ0) is 12.4. The largest absolute Gasteiger partial charge is 0.331 e. The molecule has 3 nitrogen and oxygen atoms in total. The number of likely N-dealkylation sites (tertiary alicyclic amines) is 1. The van der Waals surface area contributed by atoms with Gasteiger partial charge in [0.2, 0.25) is 0 Å². The molecule has 0 radical (unpaired) electrons. The van der Waals surface area contributed by atoms with Crippen LogP contribution in [0, 0.1) is 6.92 Å². The third kappa shape index (κ3) is 1.25. The summed E-state index contributed by atoms with van der Waals surface area (Å²) >= 11 is 0. The fourth-order valence-corrected chi connectivity index (χ4v) is 3.87. The molecule has 4 rings (SSSR count). The number of hydrogen-bond donors (Lipinski definition) is 0. The predicted octanol–water partition coefficient (Wildman–Crippen LogP) is 2.40. The van der Waals surface area contributed by atoms with Crippen molar-refractivity contribution < 1.29 is 0 Å². The molecule has 1 aliphatic carbocycles. The molecule has 18 heavy (non-hydrogen) atoms. The van der Waals surface area contributed by atoms with Gasteiger partial charge in [0.05, 0.1) is 11.0 Å². The van der Waals surface area contributed by atoms with Gasteiger partial charge in [-0.05, 0) is 55.5 Å². The van der Waals surface area contributed by atoms with Crippen molar-refractivity contribution >= 4 is 11.0 Å². The fraction of sp³-hybridized carbons (Fsp3) is 0.533. The van der Waals surface area contributed by atoms with Crippen LogP contribution in [0.4, 0.5) is 0 Å². The fourth-order valence-electron chi connectivity index (χ4n) is 3.87. The topological polar surface area (TPSA) is 21.1 Å². The molecule has 1 fully saturated rings. The summed E-state index contributed by atoms with van der Waals surface area (Å²) in [6, 6.07) is 4.75. The lowest BCUT2D eigenvalue weighted by molar-refractivity contribution is 0.245. The highest BCUT2D eigenvalue weighted by molar-refractivity contribution is 5.79. The number of benzene rings is 1. The van der Waals surface area contributed by atoms with Crippen LogP contribution in [0.5, 0.6) is 0 Å². The van der Waals surface area contributed by atoms with E-state index in [-0.39, 0.29) is 0 Å². The maximum Gasteiger partial charge on any atom is 0.106 e. The molecule has 0 saturated carbocycles. The van der Waals surface area contributed by atoms with Gasteiger partial charge in [-0.15, -0.1) is 0 Å². The van der Waals surface area contributed by atoms with E-state index in [4.69, 9.17) is 0 Å². The van der Waals surface area contributed by atoms with Crippen LogP contribution >= 0.6 is 0 Å². The average Bonchev–Trinajstić information content (AvgIpc) is 2.75. The third-order valence-corrected chi connectivity index (χ3v) is 4.82. The number of likely N-dealkylation sites (N-methyl/N-ethyl adjacent to an activating group) is 1. The lowest BCUT2D eigenvalue weighted by atomic mass is 9.96. The minimum Gasteiger partial charge on any atom is -0.331 e. The Balaban J connectivity index is 1.96. The van der Waals surface area contributed by atoms with Crippen LogP contribution in [0.25, 0.3) is 11.0 Å². The second-order valence-corrected chi connectivity index (χ2v) is 6.04. The van der Waals surface area contributed by atoms with Gasteiger partial charge in [0.15, 0.2) is 0 Å². The predicted molar refractivity (Wildman–Crippen MR) is 73.0 cm³/mol. The highest BCUT2D eigenvalue weighted by atomic mass is 15.1. The minimum atomic E-state index is 0.732. The summed E-state index contributed by atoms with van der Waals surface area (Å²) < 4.78 is 2.21. The summed E-state index contributed by atoms with van der Waals surface area (Å²) in [6.45, 7) is 4.51. The van der Waals surface area contributed by atoms with Crippen LogP contribution in [-0.4, -0.2) is 34.6 Å². The van der Waals surface area contributed by atoms with Crippen molar-refractivity contribution in [1.82, 2.24) is 14.5 Å². The van der Waals surface area contributed by atoms with Crippen molar-refractivity contribution in [2.24, 2.45) is 7.05 Å². The molecule has 0 spiro atoms. The Bertz CT molecular complexity index is 641. The van der Waals surface area contributed by atoms with E-state index < -0.39 is 0 Å². The van der Waals surface area contributed by atoms with E-state index >= 15 is 0 Å². The molecule has 1 aromatic heterocycles. The van der Waals surface area contributed by atoms with Gasteiger partial charge in [-0.2, -0.15) is 0 Å². The molecule has 2 aliphatic rings. The minimum absolute atomic E-state index is 0.732. The Kier molecular flexibility index (Phi) is 1.97. The molecule has 3 heteroatoms. The van der Waals surface area contributed by atoms with Crippen molar-refractivity contribution in [3.05, 3.63) is 29.1 Å². The summed E-state index contributed by atoms with van der Waals surface area (Å²) in [5, 5.41) is 0. The zero-order valence-electron chi connectivity index (χ0n) is 11.3. The molecule has 1 aromatic carbocycles. The van der Waals surface area contributed by atoms with Crippen LogP contribution in [0.15, 0.2) is 12.1 Å². The van der Waals surface area contributed by atoms with Crippen LogP contribution in [0.2, 0.25) is 0 Å². The molecular formula is C15H19N3. The summed E-state index contributed by atoms with van der Waals surface area (Å²) in [7, 11) is 4.36. The van der Waals surface area contributed by atoms with Gasteiger partial charge in [0.25, 0.3) is 0 Å². The zero-order valence-corrected chi connectivity index (χ0v) is 11.3. The van der Waals surface area contributed by atoms with E-state index in [1.165, 1.54) is 30.5 Å². The Morgan fingerprint density at radius 1 is 1.11 bits per heavy atom. The van der Waals surface area contributed by atoms with E-state index in [0.29, 0.717) is 0 Å². The maximum atomic E-state index is 4.67. The number of fused-ring (bicyclic) bond motifs is 6. The summed E-state index contributed by atoms with van der Waals surface area (Å²) in [5.74, 6) is 2.58. The quantitative estimate of drug-likeness (QED) is 0.706. The molecule has 94 valence electrons. The first-order valence-electron chi connectivity index (χ1n) is 6.79. The van der Waals surface area contributed by atoms with Crippen molar-refractivity contribution in [3.63, 3.8) is 0 Å². The van der Waals surface area contributed by atoms with Gasteiger partial charge >= 0.3 is 0 Å². The van der Waals surface area contributed by atoms with Crippen molar-refractivity contribution in [2.45, 2.75) is 25.2 Å². The Morgan fingerprint density at radius 2 is 1.78 bits per heavy atom. The van der Waals surface area contributed by atoms with E-state index in [1.807, 2.05) is 0 Å². The van der Waals surface area contributed by atoms with Gasteiger partial charge in [-0.25, -0.2) is 4.98 Å². The second-order valence-electron chi connectivity index (χ2n) is 6.04. The number of nitrogens with zero attached hydrogens (tertiary/aromatic N) is 3. The number of aryl methyl sites for hydroxylation is 2. The van der Waals surface area contributed by atoms with Crippen LogP contribution in [0.3, 0.4) is 0 Å². The molecule has 2 heterocycles. The van der Waals surface area contributed by atoms with Crippen LogP contribution in [-0.2, 0) is 7.05 Å². The van der Waals surface area contributed by atoms with E-state index in [9.17, 15) is 0 Å². The van der Waals surface area contributed by atoms with E-state index in [0.717, 1.165) is 17.7 Å². The average molecular weight is 241 g/mol. The molecule has 2 bridgehead atoms. The van der Waals surface area contributed by atoms with Gasteiger partial charge in [0, 0.05) is 20.1 Å². The van der Waals surface area contributed by atoms with Gasteiger partial charge in [-0.1, -0.05) is 0 Å². The molecule has 2 aromatic rings. The number of piperidine rings is 1. The first-order chi connectivity index (χ1) is 8.63. The summed E-state index contributed by atoms with van der Waals surface area (Å²) in [5.41, 5.74) is 5.61. The SMILES string of the molecule is Cc1nc2cc3c(cc2n1C)C1CC3CN(C)C1. The van der Waals surface area contributed by atoms with E-state index in [2.05, 4.69) is 47.6 Å². The maximum absolute atomic E-state index is 4.67. The monoisotopic (exact) mass is 241 g/mol. The first kappa shape index (κ1) is 10.6. The van der Waals surface area contributed by atoms with Crippen LogP contribution < -0.4 is 0 Å². The number of rotatable bonds is 0. The molecule has 0 amide bonds. The van der Waals surface area contributed by atoms with Crippen LogP contribution in [0.1, 0.15) is 35.2 Å². The molecule has 2 unspecified atom stereocenters. The summed E-state index contributed by atoms with van der Waals surface area (Å²) in [6.07, 6.45) is 1.34. The molecule has 1 aliphatic heterocycles. The first-order valence-corrected chi connectivity index (χ1v) is 6.79. The third-order valence-electron chi connectivity index (χ3n) is 4.82. The molecular weight excluding hydrogens is 222 g/mol. The number of aromatic nitrogens is 2. The van der Waals surface area contributed by atoms with Crippen molar-refractivity contribution in [3.8, 4) is 0 Å². The second kappa shape index (κ2) is 3.35. The Labute approximate surface area is 107 Å². The van der Waals surface area contributed by atoms with Crippen molar-refractivity contribution in [2.75, 3.05) is 20.1 Å². The lowest BCUT2D eigenvalue weighted by Gasteiger charge is -2.28. The number of hydrogen-bond acceptors (Lipinski definition) is 2. The smallest absolute Gasteiger partial charge is 0.106 e. The standard InChI is InChI=1S/C15H19N3/c1-9-16-14-5-12-10-4-11(8-17(2)7-10)13(12)6-15(14)18(9)3/h5-6,10-11H,4,7-8H2,1-3H3. The normalized spacial score (nSPS) is 26.8. The van der Waals surface area contributed by atoms with Gasteiger partial charge in [0.1, 0.15) is 5.82 Å². The summed E-state index contributed by atoms with van der Waals surface area (Å²) in [4.78, 5) is 7.15. The van der Waals surface area contributed by atoms with Gasteiger partial charge < -0.3 is 9.47 Å². The molecule has 2 atom stereocenters.